The summed E-state index contributed by atoms with van der Waals surface area (Å²) in [6, 6.07) is 3.77. The van der Waals surface area contributed by atoms with E-state index in [-0.39, 0.29) is 11.6 Å². The molecule has 0 aromatic carbocycles. The predicted molar refractivity (Wildman–Crippen MR) is 82.0 cm³/mol. The number of nitrogens with zero attached hydrogens (tertiary/aromatic N) is 1. The van der Waals surface area contributed by atoms with Gasteiger partial charge in [-0.2, -0.15) is 5.10 Å². The zero-order valence-electron chi connectivity index (χ0n) is 10.8. The van der Waals surface area contributed by atoms with Gasteiger partial charge in [0.1, 0.15) is 0 Å². The van der Waals surface area contributed by atoms with Crippen LogP contribution in [0.5, 0.6) is 0 Å². The lowest BCUT2D eigenvalue weighted by atomic mass is 10.3. The van der Waals surface area contributed by atoms with Crippen molar-refractivity contribution in [3.05, 3.63) is 32.6 Å². The third-order valence-corrected chi connectivity index (χ3v) is 5.62. The number of sulfonamides is 1. The largest absolute Gasteiger partial charge is 0.313 e. The van der Waals surface area contributed by atoms with E-state index in [2.05, 4.69) is 36.2 Å². The number of nitrogens with one attached hydrogen (secondary N) is 3. The van der Waals surface area contributed by atoms with Gasteiger partial charge >= 0.3 is 0 Å². The predicted octanol–water partition coefficient (Wildman–Crippen LogP) is 1.82. The highest BCUT2D eigenvalue weighted by Crippen LogP contribution is 2.22. The molecule has 0 spiro atoms. The number of hydrogen-bond donors (Lipinski definition) is 3. The first-order valence-electron chi connectivity index (χ1n) is 5.99. The highest BCUT2D eigenvalue weighted by Gasteiger charge is 2.20. The first-order valence-corrected chi connectivity index (χ1v) is 9.09. The van der Waals surface area contributed by atoms with Crippen molar-refractivity contribution in [2.75, 3.05) is 6.54 Å². The normalized spacial score (nSPS) is 11.9. The molecule has 9 heteroatoms. The van der Waals surface area contributed by atoms with E-state index in [1.54, 1.807) is 0 Å². The molecule has 6 nitrogen and oxygen atoms in total. The Morgan fingerprint density at radius 2 is 2.20 bits per heavy atom. The lowest BCUT2D eigenvalue weighted by Crippen LogP contribution is -2.25. The molecule has 0 atom stereocenters. The molecule has 0 aliphatic carbocycles. The van der Waals surface area contributed by atoms with Gasteiger partial charge < -0.3 is 5.32 Å². The third kappa shape index (κ3) is 3.89. The second-order valence-corrected chi connectivity index (χ2v) is 8.29. The van der Waals surface area contributed by atoms with Crippen molar-refractivity contribution in [1.82, 2.24) is 20.2 Å². The van der Waals surface area contributed by atoms with Gasteiger partial charge in [-0.05, 0) is 34.6 Å². The maximum atomic E-state index is 12.2. The summed E-state index contributed by atoms with van der Waals surface area (Å²) in [5, 5.41) is 9.56. The molecule has 2 aromatic rings. The summed E-state index contributed by atoms with van der Waals surface area (Å²) >= 11 is 4.84. The fourth-order valence-corrected chi connectivity index (χ4v) is 4.25. The average molecular weight is 379 g/mol. The summed E-state index contributed by atoms with van der Waals surface area (Å²) in [6.45, 7) is 3.45. The number of aromatic amines is 1. The van der Waals surface area contributed by atoms with Gasteiger partial charge in [0, 0.05) is 23.5 Å². The monoisotopic (exact) mass is 378 g/mol. The molecule has 0 aliphatic rings. The van der Waals surface area contributed by atoms with Crippen molar-refractivity contribution in [1.29, 1.82) is 0 Å². The molecule has 0 fully saturated rings. The molecule has 0 radical (unpaired) electrons. The van der Waals surface area contributed by atoms with Crippen molar-refractivity contribution in [3.63, 3.8) is 0 Å². The molecule has 0 unspecified atom stereocenters. The molecule has 0 aliphatic heterocycles. The first-order chi connectivity index (χ1) is 9.53. The van der Waals surface area contributed by atoms with Crippen LogP contribution in [0.4, 0.5) is 0 Å². The number of H-pyrrole nitrogens is 1. The van der Waals surface area contributed by atoms with E-state index in [9.17, 15) is 8.42 Å². The average Bonchev–Trinajstić information content (AvgIpc) is 3.03. The van der Waals surface area contributed by atoms with Gasteiger partial charge in [-0.1, -0.05) is 6.92 Å². The molecule has 2 aromatic heterocycles. The zero-order valence-corrected chi connectivity index (χ0v) is 14.0. The van der Waals surface area contributed by atoms with E-state index in [0.29, 0.717) is 12.1 Å². The van der Waals surface area contributed by atoms with Crippen molar-refractivity contribution in [2.24, 2.45) is 0 Å². The quantitative estimate of drug-likeness (QED) is 0.685. The SMILES string of the molecule is CCNCc1cn[nH]c1S(=O)(=O)NCc1ccc(Br)s1. The number of aromatic nitrogens is 2. The van der Waals surface area contributed by atoms with Crippen LogP contribution in [-0.2, 0) is 23.1 Å². The molecule has 3 N–H and O–H groups in total. The second-order valence-electron chi connectivity index (χ2n) is 4.04. The summed E-state index contributed by atoms with van der Waals surface area (Å²) in [5.74, 6) is 0. The first kappa shape index (κ1) is 15.6. The molecule has 2 heterocycles. The Kier molecular flexibility index (Phi) is 5.33. The fourth-order valence-electron chi connectivity index (χ4n) is 1.60. The Balaban J connectivity index is 2.08. The van der Waals surface area contributed by atoms with Crippen LogP contribution in [0.25, 0.3) is 0 Å². The van der Waals surface area contributed by atoms with E-state index in [4.69, 9.17) is 0 Å². The van der Waals surface area contributed by atoms with Crippen molar-refractivity contribution < 1.29 is 8.42 Å². The fraction of sp³-hybridized carbons (Fsp3) is 0.364. The highest BCUT2D eigenvalue weighted by atomic mass is 79.9. The zero-order chi connectivity index (χ0) is 14.6. The third-order valence-electron chi connectivity index (χ3n) is 2.58. The van der Waals surface area contributed by atoms with E-state index in [1.807, 2.05) is 19.1 Å². The van der Waals surface area contributed by atoms with Crippen molar-refractivity contribution in [2.45, 2.75) is 25.0 Å². The molecule has 0 amide bonds. The molecule has 110 valence electrons. The van der Waals surface area contributed by atoms with Crippen LogP contribution in [0.3, 0.4) is 0 Å². The Hall–Kier alpha value is -0.740. The summed E-state index contributed by atoms with van der Waals surface area (Å²) in [5.41, 5.74) is 0.631. The van der Waals surface area contributed by atoms with Crippen LogP contribution in [-0.4, -0.2) is 25.2 Å². The van der Waals surface area contributed by atoms with Gasteiger partial charge in [-0.3, -0.25) is 5.10 Å². The Bertz CT molecular complexity index is 666. The molecule has 2 rings (SSSR count). The number of halogens is 1. The topological polar surface area (TPSA) is 86.9 Å². The highest BCUT2D eigenvalue weighted by molar-refractivity contribution is 9.11. The van der Waals surface area contributed by atoms with Gasteiger partial charge in [-0.15, -0.1) is 11.3 Å². The smallest absolute Gasteiger partial charge is 0.258 e. The van der Waals surface area contributed by atoms with Gasteiger partial charge in [0.05, 0.1) is 9.98 Å². The van der Waals surface area contributed by atoms with Crippen LogP contribution >= 0.6 is 27.3 Å². The van der Waals surface area contributed by atoms with Crippen LogP contribution in [0.1, 0.15) is 17.4 Å². The summed E-state index contributed by atoms with van der Waals surface area (Å²) in [4.78, 5) is 0.938. The van der Waals surface area contributed by atoms with Gasteiger partial charge in [-0.25, -0.2) is 13.1 Å². The molecule has 20 heavy (non-hydrogen) atoms. The van der Waals surface area contributed by atoms with Crippen LogP contribution < -0.4 is 10.0 Å². The Morgan fingerprint density at radius 3 is 2.85 bits per heavy atom. The van der Waals surface area contributed by atoms with E-state index < -0.39 is 10.0 Å². The minimum Gasteiger partial charge on any atom is -0.313 e. The van der Waals surface area contributed by atoms with Crippen LogP contribution in [0, 0.1) is 0 Å². The maximum absolute atomic E-state index is 12.2. The standard InChI is InChI=1S/C11H15BrN4O2S2/c1-2-13-5-8-6-14-16-11(8)20(17,18)15-7-9-3-4-10(12)19-9/h3-4,6,13,15H,2,5,7H2,1H3,(H,14,16). The summed E-state index contributed by atoms with van der Waals surface area (Å²) in [6.07, 6.45) is 1.53. The summed E-state index contributed by atoms with van der Waals surface area (Å²) in [7, 11) is -3.58. The molecular weight excluding hydrogens is 364 g/mol. The number of rotatable bonds is 7. The van der Waals surface area contributed by atoms with Gasteiger partial charge in [0.2, 0.25) is 0 Å². The molecule has 0 saturated heterocycles. The van der Waals surface area contributed by atoms with Crippen molar-refractivity contribution in [3.8, 4) is 0 Å². The molecular formula is C11H15BrN4O2S2. The van der Waals surface area contributed by atoms with Gasteiger partial charge in [0.15, 0.2) is 5.03 Å². The van der Waals surface area contributed by atoms with E-state index >= 15 is 0 Å². The maximum Gasteiger partial charge on any atom is 0.258 e. The lowest BCUT2D eigenvalue weighted by Gasteiger charge is -2.06. The van der Waals surface area contributed by atoms with Crippen molar-refractivity contribution >= 4 is 37.3 Å². The number of thiophene rings is 1. The van der Waals surface area contributed by atoms with E-state index in [0.717, 1.165) is 15.2 Å². The van der Waals surface area contributed by atoms with Crippen LogP contribution in [0.2, 0.25) is 0 Å². The Labute approximate surface area is 130 Å². The van der Waals surface area contributed by atoms with E-state index in [1.165, 1.54) is 17.5 Å². The Morgan fingerprint density at radius 1 is 1.40 bits per heavy atom. The minimum absolute atomic E-state index is 0.120. The minimum atomic E-state index is -3.58. The summed E-state index contributed by atoms with van der Waals surface area (Å²) < 4.78 is 28.0. The number of hydrogen-bond acceptors (Lipinski definition) is 5. The lowest BCUT2D eigenvalue weighted by molar-refractivity contribution is 0.574. The molecule has 0 saturated carbocycles. The second kappa shape index (κ2) is 6.81. The molecule has 0 bridgehead atoms. The van der Waals surface area contributed by atoms with Crippen LogP contribution in [0.15, 0.2) is 27.1 Å². The van der Waals surface area contributed by atoms with Gasteiger partial charge in [0.25, 0.3) is 10.0 Å².